The molecule has 0 aromatic heterocycles. The summed E-state index contributed by atoms with van der Waals surface area (Å²) in [5, 5.41) is 0. The third-order valence-corrected chi connectivity index (χ3v) is 0.316. The molecular weight excluding hydrogens is 149 g/mol. The van der Waals surface area contributed by atoms with Gasteiger partial charge in [0.05, 0.1) is 6.42 Å². The lowest BCUT2D eigenvalue weighted by atomic mass is 10.3. The lowest BCUT2D eigenvalue weighted by Crippen LogP contribution is -2.02. The Labute approximate surface area is 57.0 Å². The first-order valence-electron chi connectivity index (χ1n) is 2.60. The molecule has 10 heavy (non-hydrogen) atoms. The summed E-state index contributed by atoms with van der Waals surface area (Å²) in [6.45, 7) is 2.01. The minimum Gasteiger partial charge on any atom is -0.418 e. The summed E-state index contributed by atoms with van der Waals surface area (Å²) in [5.74, 6) is 0. The zero-order valence-corrected chi connectivity index (χ0v) is 5.74. The fraction of sp³-hybridized carbons (Fsp3) is 0.750. The average molecular weight is 157 g/mol. The molecule has 1 nitrogen and oxygen atoms in total. The van der Waals surface area contributed by atoms with Crippen LogP contribution < -0.4 is 0 Å². The van der Waals surface area contributed by atoms with Gasteiger partial charge in [-0.05, 0) is 6.92 Å². The molecule has 0 radical (unpaired) electrons. The van der Waals surface area contributed by atoms with Gasteiger partial charge >= 0.3 is 7.25 Å². The maximum atomic E-state index is 9.75. The van der Waals surface area contributed by atoms with Gasteiger partial charge in [-0.1, -0.05) is 4.85 Å². The van der Waals surface area contributed by atoms with E-state index in [-0.39, 0.29) is 0 Å². The van der Waals surface area contributed by atoms with Gasteiger partial charge in [-0.3, -0.25) is 0 Å². The Morgan fingerprint density at radius 3 is 1.60 bits per heavy atom. The largest absolute Gasteiger partial charge is 0.673 e. The molecule has 0 aliphatic rings. The van der Waals surface area contributed by atoms with Gasteiger partial charge in [0.2, 0.25) is 0 Å². The molecule has 0 aliphatic carbocycles. The summed E-state index contributed by atoms with van der Waals surface area (Å²) in [7, 11) is -4.27. The van der Waals surface area contributed by atoms with E-state index in [9.17, 15) is 17.3 Å². The van der Waals surface area contributed by atoms with Crippen LogP contribution in [0.2, 0.25) is 0 Å². The molecule has 0 N–H and O–H groups in total. The second-order valence-corrected chi connectivity index (χ2v) is 1.23. The molecule has 0 atom stereocenters. The summed E-state index contributed by atoms with van der Waals surface area (Å²) >= 11 is 0. The number of hydrogen-bond donors (Lipinski definition) is 0. The summed E-state index contributed by atoms with van der Waals surface area (Å²) in [6, 6.07) is 2.74. The predicted octanol–water partition coefficient (Wildman–Crippen LogP) is 2.66. The smallest absolute Gasteiger partial charge is 0.418 e. The lowest BCUT2D eigenvalue weighted by molar-refractivity contribution is 0.368. The molecule has 0 fully saturated rings. The van der Waals surface area contributed by atoms with E-state index in [0.717, 1.165) is 6.42 Å². The standard InChI is InChI=1S/C4H8N.BF4/c1-3-4-5-2;2-1(3,4)5/h3H2,1-2H3;/q+1;-1. The quantitative estimate of drug-likeness (QED) is 0.376. The molecule has 0 amide bonds. The number of halogens is 4. The van der Waals surface area contributed by atoms with Crippen molar-refractivity contribution >= 4 is 7.25 Å². The van der Waals surface area contributed by atoms with Crippen molar-refractivity contribution < 1.29 is 17.3 Å². The zero-order chi connectivity index (χ0) is 8.62. The van der Waals surface area contributed by atoms with E-state index in [1.165, 1.54) is 0 Å². The Bertz CT molecular complexity index is 115. The molecule has 0 aromatic carbocycles. The van der Waals surface area contributed by atoms with E-state index < -0.39 is 7.25 Å². The summed E-state index contributed by atoms with van der Waals surface area (Å²) in [6.07, 6.45) is 0.927. The molecule has 0 saturated heterocycles. The normalized spacial score (nSPS) is 8.60. The van der Waals surface area contributed by atoms with Crippen LogP contribution >= 0.6 is 0 Å². The maximum Gasteiger partial charge on any atom is 0.673 e. The van der Waals surface area contributed by atoms with Crippen molar-refractivity contribution in [2.75, 3.05) is 7.05 Å². The second-order valence-electron chi connectivity index (χ2n) is 1.23. The summed E-state index contributed by atoms with van der Waals surface area (Å²) in [4.78, 5) is 3.60. The van der Waals surface area contributed by atoms with Gasteiger partial charge in [0.15, 0.2) is 0 Å². The first-order valence-corrected chi connectivity index (χ1v) is 2.60. The fourth-order valence-electron chi connectivity index (χ4n) is 0.158. The fourth-order valence-corrected chi connectivity index (χ4v) is 0.158. The predicted molar refractivity (Wildman–Crippen MR) is 33.6 cm³/mol. The highest BCUT2D eigenvalue weighted by Crippen LogP contribution is 2.06. The maximum absolute atomic E-state index is 9.75. The van der Waals surface area contributed by atoms with E-state index in [2.05, 4.69) is 10.9 Å². The summed E-state index contributed by atoms with van der Waals surface area (Å²) in [5.41, 5.74) is 0. The highest BCUT2D eigenvalue weighted by molar-refractivity contribution is 6.50. The number of nitrogens with zero attached hydrogens (tertiary/aromatic N) is 1. The van der Waals surface area contributed by atoms with Crippen LogP contribution in [-0.2, 0) is 0 Å². The van der Waals surface area contributed by atoms with E-state index in [1.807, 2.05) is 6.92 Å². The van der Waals surface area contributed by atoms with Crippen molar-refractivity contribution in [2.45, 2.75) is 13.3 Å². The Kier molecular flexibility index (Phi) is 7.67. The number of hydrogen-bond acceptors (Lipinski definition) is 0. The van der Waals surface area contributed by atoms with Gasteiger partial charge in [-0.25, -0.2) is 0 Å². The van der Waals surface area contributed by atoms with Crippen LogP contribution in [-0.4, -0.2) is 14.3 Å². The lowest BCUT2D eigenvalue weighted by Gasteiger charge is -1.94. The van der Waals surface area contributed by atoms with Gasteiger partial charge in [0.25, 0.3) is 13.1 Å². The molecule has 0 aromatic rings. The van der Waals surface area contributed by atoms with Gasteiger partial charge in [-0.15, -0.1) is 0 Å². The average Bonchev–Trinajstić information content (AvgIpc) is 1.63. The molecule has 60 valence electrons. The molecule has 0 bridgehead atoms. The molecular formula is C4H8BF4N. The molecule has 6 heteroatoms. The monoisotopic (exact) mass is 157 g/mol. The van der Waals surface area contributed by atoms with E-state index >= 15 is 0 Å². The first-order chi connectivity index (χ1) is 4.41. The van der Waals surface area contributed by atoms with Gasteiger partial charge < -0.3 is 17.3 Å². The van der Waals surface area contributed by atoms with Crippen LogP contribution in [0.1, 0.15) is 13.3 Å². The number of rotatable bonds is 0. The van der Waals surface area contributed by atoms with E-state index in [1.54, 1.807) is 7.05 Å². The van der Waals surface area contributed by atoms with E-state index in [4.69, 9.17) is 0 Å². The van der Waals surface area contributed by atoms with Crippen molar-refractivity contribution in [3.8, 4) is 6.07 Å². The van der Waals surface area contributed by atoms with Crippen LogP contribution in [0.25, 0.3) is 4.85 Å². The Morgan fingerprint density at radius 2 is 1.60 bits per heavy atom. The first kappa shape index (κ1) is 12.0. The van der Waals surface area contributed by atoms with Crippen LogP contribution in [0.15, 0.2) is 0 Å². The van der Waals surface area contributed by atoms with Gasteiger partial charge in [-0.2, -0.15) is 0 Å². The molecule has 0 unspecified atom stereocenters. The minimum absolute atomic E-state index is 0.927. The molecule has 0 spiro atoms. The molecule has 0 heterocycles. The van der Waals surface area contributed by atoms with Crippen molar-refractivity contribution in [2.24, 2.45) is 0 Å². The zero-order valence-electron chi connectivity index (χ0n) is 5.74. The van der Waals surface area contributed by atoms with Crippen molar-refractivity contribution in [3.05, 3.63) is 4.85 Å². The van der Waals surface area contributed by atoms with Crippen LogP contribution in [0.3, 0.4) is 0 Å². The molecule has 0 rings (SSSR count). The van der Waals surface area contributed by atoms with Crippen LogP contribution in [0.4, 0.5) is 17.3 Å². The van der Waals surface area contributed by atoms with Crippen LogP contribution in [0.5, 0.6) is 0 Å². The third kappa shape index (κ3) is 176. The summed E-state index contributed by atoms with van der Waals surface area (Å²) < 4.78 is 39.0. The SMILES string of the molecule is CCC#[N+]C.F[B-](F)(F)F. The third-order valence-electron chi connectivity index (χ3n) is 0.316. The molecule has 0 saturated carbocycles. The highest BCUT2D eigenvalue weighted by Gasteiger charge is 2.20. The topological polar surface area (TPSA) is 4.36 Å². The van der Waals surface area contributed by atoms with Gasteiger partial charge in [0, 0.05) is 0 Å². The van der Waals surface area contributed by atoms with Crippen molar-refractivity contribution in [1.29, 1.82) is 0 Å². The Balaban J connectivity index is 0. The van der Waals surface area contributed by atoms with Crippen LogP contribution in [0, 0.1) is 6.07 Å². The Morgan fingerprint density at radius 1 is 1.30 bits per heavy atom. The van der Waals surface area contributed by atoms with E-state index in [0.29, 0.717) is 0 Å². The van der Waals surface area contributed by atoms with Gasteiger partial charge in [0.1, 0.15) is 0 Å². The highest BCUT2D eigenvalue weighted by atomic mass is 19.5. The second kappa shape index (κ2) is 6.40. The van der Waals surface area contributed by atoms with Crippen molar-refractivity contribution in [3.63, 3.8) is 0 Å². The minimum atomic E-state index is -6.00. The van der Waals surface area contributed by atoms with Crippen molar-refractivity contribution in [1.82, 2.24) is 0 Å². The Hall–Kier alpha value is -0.725. The molecule has 0 aliphatic heterocycles.